The number of ether oxygens (including phenoxy) is 1. The van der Waals surface area contributed by atoms with Gasteiger partial charge in [0.25, 0.3) is 0 Å². The van der Waals surface area contributed by atoms with E-state index in [9.17, 15) is 9.90 Å². The van der Waals surface area contributed by atoms with Crippen LogP contribution in [0.4, 0.5) is 0 Å². The van der Waals surface area contributed by atoms with E-state index in [1.54, 1.807) is 18.3 Å². The van der Waals surface area contributed by atoms with Crippen LogP contribution in [0.25, 0.3) is 0 Å². The lowest BCUT2D eigenvalue weighted by Crippen LogP contribution is -2.52. The Balaban J connectivity index is 2.24. The Hall–Kier alpha value is -1.62. The Morgan fingerprint density at radius 2 is 2.24 bits per heavy atom. The van der Waals surface area contributed by atoms with Crippen LogP contribution < -0.4 is 10.1 Å². The minimum atomic E-state index is -1.11. The number of nitrogens with zero attached hydrogens (tertiary/aromatic N) is 1. The maximum Gasteiger partial charge on any atom is 0.348 e. The van der Waals surface area contributed by atoms with Gasteiger partial charge in [-0.1, -0.05) is 0 Å². The average molecular weight is 236 g/mol. The molecule has 0 unspecified atom stereocenters. The normalized spacial score (nSPS) is 18.6. The maximum absolute atomic E-state index is 11.4. The van der Waals surface area contributed by atoms with Crippen molar-refractivity contribution < 1.29 is 14.6 Å². The summed E-state index contributed by atoms with van der Waals surface area (Å²) in [6, 6.07) is 3.51. The van der Waals surface area contributed by atoms with E-state index in [1.807, 2.05) is 6.92 Å². The highest BCUT2D eigenvalue weighted by Crippen LogP contribution is 2.28. The summed E-state index contributed by atoms with van der Waals surface area (Å²) >= 11 is 0. The number of carbonyl (C=O) groups is 1. The standard InChI is InChI=1S/C12H16N2O3/c1-9-10(3-2-6-14-9)17-12(11(15)16)4-7-13-8-5-12/h2-3,6,13H,4-5,7-8H2,1H3,(H,15,16). The van der Waals surface area contributed by atoms with Gasteiger partial charge in [-0.25, -0.2) is 4.79 Å². The number of aryl methyl sites for hydroxylation is 1. The highest BCUT2D eigenvalue weighted by molar-refractivity contribution is 5.78. The van der Waals surface area contributed by atoms with Crippen LogP contribution in [0.15, 0.2) is 18.3 Å². The molecule has 0 radical (unpaired) electrons. The summed E-state index contributed by atoms with van der Waals surface area (Å²) < 4.78 is 5.73. The van der Waals surface area contributed by atoms with E-state index in [1.165, 1.54) is 0 Å². The predicted octanol–water partition coefficient (Wildman–Crippen LogP) is 0.976. The topological polar surface area (TPSA) is 71.5 Å². The minimum absolute atomic E-state index is 0.469. The minimum Gasteiger partial charge on any atom is -0.478 e. The van der Waals surface area contributed by atoms with Gasteiger partial charge in [-0.15, -0.1) is 0 Å². The molecule has 2 rings (SSSR count). The van der Waals surface area contributed by atoms with E-state index in [-0.39, 0.29) is 0 Å². The van der Waals surface area contributed by atoms with Gasteiger partial charge in [-0.05, 0) is 32.1 Å². The molecule has 0 bridgehead atoms. The fraction of sp³-hybridized carbons (Fsp3) is 0.500. The van der Waals surface area contributed by atoms with Gasteiger partial charge in [-0.3, -0.25) is 4.98 Å². The maximum atomic E-state index is 11.4. The largest absolute Gasteiger partial charge is 0.478 e. The second kappa shape index (κ2) is 4.71. The van der Waals surface area contributed by atoms with Crippen molar-refractivity contribution in [1.29, 1.82) is 0 Å². The van der Waals surface area contributed by atoms with Crippen LogP contribution >= 0.6 is 0 Å². The molecule has 0 amide bonds. The third kappa shape index (κ3) is 2.39. The van der Waals surface area contributed by atoms with Crippen molar-refractivity contribution >= 4 is 5.97 Å². The fourth-order valence-electron chi connectivity index (χ4n) is 1.98. The Bertz CT molecular complexity index is 414. The van der Waals surface area contributed by atoms with Crippen LogP contribution in [0.3, 0.4) is 0 Å². The second-order valence-electron chi connectivity index (χ2n) is 4.24. The zero-order valence-electron chi connectivity index (χ0n) is 9.77. The van der Waals surface area contributed by atoms with E-state index < -0.39 is 11.6 Å². The highest BCUT2D eigenvalue weighted by Gasteiger charge is 2.42. The summed E-state index contributed by atoms with van der Waals surface area (Å²) in [5, 5.41) is 12.5. The number of pyridine rings is 1. The van der Waals surface area contributed by atoms with E-state index in [0.29, 0.717) is 37.4 Å². The Kier molecular flexibility index (Phi) is 3.28. The van der Waals surface area contributed by atoms with E-state index in [0.717, 1.165) is 0 Å². The third-order valence-corrected chi connectivity index (χ3v) is 3.06. The lowest BCUT2D eigenvalue weighted by atomic mass is 9.92. The molecule has 1 aromatic rings. The first-order valence-corrected chi connectivity index (χ1v) is 5.69. The SMILES string of the molecule is Cc1ncccc1OC1(C(=O)O)CCNCC1. The zero-order valence-corrected chi connectivity index (χ0v) is 9.77. The first-order valence-electron chi connectivity index (χ1n) is 5.69. The van der Waals surface area contributed by atoms with Crippen LogP contribution in [0.2, 0.25) is 0 Å². The fourth-order valence-corrected chi connectivity index (χ4v) is 1.98. The number of aromatic nitrogens is 1. The zero-order chi connectivity index (χ0) is 12.3. The molecule has 1 aromatic heterocycles. The van der Waals surface area contributed by atoms with E-state index >= 15 is 0 Å². The third-order valence-electron chi connectivity index (χ3n) is 3.06. The Labute approximate surface area is 99.8 Å². The van der Waals surface area contributed by atoms with Gasteiger partial charge in [0.1, 0.15) is 5.75 Å². The van der Waals surface area contributed by atoms with Gasteiger partial charge in [-0.2, -0.15) is 0 Å². The number of hydrogen-bond acceptors (Lipinski definition) is 4. The molecule has 0 aromatic carbocycles. The molecule has 0 atom stereocenters. The molecule has 0 saturated carbocycles. The summed E-state index contributed by atoms with van der Waals surface area (Å²) in [7, 11) is 0. The molecule has 1 fully saturated rings. The number of aliphatic carboxylic acids is 1. The van der Waals surface area contributed by atoms with E-state index in [2.05, 4.69) is 10.3 Å². The Morgan fingerprint density at radius 1 is 1.53 bits per heavy atom. The number of carboxylic acids is 1. The monoisotopic (exact) mass is 236 g/mol. The lowest BCUT2D eigenvalue weighted by Gasteiger charge is -2.34. The molecule has 2 N–H and O–H groups in total. The predicted molar refractivity (Wildman–Crippen MR) is 62.1 cm³/mol. The van der Waals surface area contributed by atoms with Crippen molar-refractivity contribution in [3.8, 4) is 5.75 Å². The van der Waals surface area contributed by atoms with Gasteiger partial charge in [0.15, 0.2) is 0 Å². The van der Waals surface area contributed by atoms with Crippen LogP contribution in [-0.4, -0.2) is 34.8 Å². The molecule has 0 aliphatic carbocycles. The number of carboxylic acid groups (broad SMARTS) is 1. The average Bonchev–Trinajstić information content (AvgIpc) is 2.33. The quantitative estimate of drug-likeness (QED) is 0.818. The summed E-state index contributed by atoms with van der Waals surface area (Å²) in [4.78, 5) is 15.5. The van der Waals surface area contributed by atoms with Gasteiger partial charge in [0.05, 0.1) is 5.69 Å². The smallest absolute Gasteiger partial charge is 0.348 e. The molecule has 92 valence electrons. The number of hydrogen-bond donors (Lipinski definition) is 2. The molecule has 5 heteroatoms. The van der Waals surface area contributed by atoms with Crippen molar-refractivity contribution in [2.45, 2.75) is 25.4 Å². The van der Waals surface area contributed by atoms with Crippen LogP contribution in [0.1, 0.15) is 18.5 Å². The molecule has 1 saturated heterocycles. The van der Waals surface area contributed by atoms with Gasteiger partial charge >= 0.3 is 5.97 Å². The molecular formula is C12H16N2O3. The van der Waals surface area contributed by atoms with Crippen LogP contribution in [0.5, 0.6) is 5.75 Å². The first kappa shape index (κ1) is 11.9. The van der Waals surface area contributed by atoms with E-state index in [4.69, 9.17) is 4.74 Å². The number of piperidine rings is 1. The van der Waals surface area contributed by atoms with Crippen molar-refractivity contribution in [3.63, 3.8) is 0 Å². The van der Waals surface area contributed by atoms with Gasteiger partial charge in [0.2, 0.25) is 5.60 Å². The van der Waals surface area contributed by atoms with Crippen LogP contribution in [-0.2, 0) is 4.79 Å². The molecule has 0 spiro atoms. The highest BCUT2D eigenvalue weighted by atomic mass is 16.5. The Morgan fingerprint density at radius 3 is 2.82 bits per heavy atom. The molecule has 1 aliphatic heterocycles. The molecule has 1 aliphatic rings. The number of rotatable bonds is 3. The lowest BCUT2D eigenvalue weighted by molar-refractivity contribution is -0.157. The summed E-state index contributed by atoms with van der Waals surface area (Å²) in [6.45, 7) is 3.13. The summed E-state index contributed by atoms with van der Waals surface area (Å²) in [5.41, 5.74) is -0.398. The number of nitrogens with one attached hydrogen (secondary N) is 1. The molecule has 5 nitrogen and oxygen atoms in total. The van der Waals surface area contributed by atoms with Crippen molar-refractivity contribution in [3.05, 3.63) is 24.0 Å². The molecule has 17 heavy (non-hydrogen) atoms. The van der Waals surface area contributed by atoms with Crippen molar-refractivity contribution in [2.24, 2.45) is 0 Å². The van der Waals surface area contributed by atoms with Crippen molar-refractivity contribution in [1.82, 2.24) is 10.3 Å². The van der Waals surface area contributed by atoms with Gasteiger partial charge in [0, 0.05) is 19.0 Å². The second-order valence-corrected chi connectivity index (χ2v) is 4.24. The van der Waals surface area contributed by atoms with Crippen LogP contribution in [0, 0.1) is 6.92 Å². The first-order chi connectivity index (χ1) is 8.14. The molecular weight excluding hydrogens is 220 g/mol. The summed E-state index contributed by atoms with van der Waals surface area (Å²) in [6.07, 6.45) is 2.60. The summed E-state index contributed by atoms with van der Waals surface area (Å²) in [5.74, 6) is -0.348. The van der Waals surface area contributed by atoms with Crippen molar-refractivity contribution in [2.75, 3.05) is 13.1 Å². The molecule has 2 heterocycles. The van der Waals surface area contributed by atoms with Gasteiger partial charge < -0.3 is 15.2 Å².